The highest BCUT2D eigenvalue weighted by molar-refractivity contribution is 7.99. The molecule has 1 saturated carbocycles. The smallest absolute Gasteiger partial charge is 0.251 e. The number of amides is 2. The van der Waals surface area contributed by atoms with Crippen molar-refractivity contribution in [2.75, 3.05) is 51.6 Å². The van der Waals surface area contributed by atoms with Gasteiger partial charge in [0.2, 0.25) is 5.91 Å². The molecule has 1 unspecified atom stereocenters. The summed E-state index contributed by atoms with van der Waals surface area (Å²) in [5, 5.41) is 3.14. The zero-order chi connectivity index (χ0) is 20.9. The van der Waals surface area contributed by atoms with Gasteiger partial charge in [0.1, 0.15) is 0 Å². The Kier molecular flexibility index (Phi) is 7.33. The third kappa shape index (κ3) is 5.37. The van der Waals surface area contributed by atoms with Crippen molar-refractivity contribution in [3.05, 3.63) is 29.8 Å². The standard InChI is InChI=1S/C23H34N4O2S/c1-2-30-21-8-6-18(7-9-21)23(29)24-19-10-11-25(16-19)17-22(28)27-14-12-26(13-15-27)20-4-3-5-20/h6-9,19-20H,2-5,10-17H2,1H3,(H,24,29). The van der Waals surface area contributed by atoms with E-state index < -0.39 is 0 Å². The number of benzene rings is 1. The van der Waals surface area contributed by atoms with Crippen LogP contribution in [0.5, 0.6) is 0 Å². The molecule has 2 aliphatic heterocycles. The van der Waals surface area contributed by atoms with Crippen molar-refractivity contribution in [1.82, 2.24) is 20.0 Å². The van der Waals surface area contributed by atoms with Gasteiger partial charge in [0.15, 0.2) is 0 Å². The Morgan fingerprint density at radius 3 is 2.40 bits per heavy atom. The van der Waals surface area contributed by atoms with Crippen LogP contribution >= 0.6 is 11.8 Å². The van der Waals surface area contributed by atoms with Gasteiger partial charge in [-0.15, -0.1) is 11.8 Å². The molecule has 0 bridgehead atoms. The van der Waals surface area contributed by atoms with Crippen LogP contribution in [0.4, 0.5) is 0 Å². The van der Waals surface area contributed by atoms with Gasteiger partial charge in [0.25, 0.3) is 5.91 Å². The van der Waals surface area contributed by atoms with Crippen molar-refractivity contribution in [2.45, 2.75) is 49.6 Å². The predicted molar refractivity (Wildman–Crippen MR) is 121 cm³/mol. The fourth-order valence-corrected chi connectivity index (χ4v) is 5.27. The van der Waals surface area contributed by atoms with E-state index in [4.69, 9.17) is 0 Å². The van der Waals surface area contributed by atoms with Gasteiger partial charge in [-0.2, -0.15) is 0 Å². The molecule has 1 N–H and O–H groups in total. The van der Waals surface area contributed by atoms with Crippen LogP contribution in [0, 0.1) is 0 Å². The topological polar surface area (TPSA) is 55.9 Å². The van der Waals surface area contributed by atoms with Crippen LogP contribution in [0.25, 0.3) is 0 Å². The van der Waals surface area contributed by atoms with E-state index in [0.29, 0.717) is 12.1 Å². The number of thioether (sulfide) groups is 1. The van der Waals surface area contributed by atoms with E-state index >= 15 is 0 Å². The van der Waals surface area contributed by atoms with Crippen molar-refractivity contribution in [3.63, 3.8) is 0 Å². The SMILES string of the molecule is CCSc1ccc(C(=O)NC2CCN(CC(=O)N3CCN(C4CCC4)CC3)C2)cc1. The van der Waals surface area contributed by atoms with Crippen LogP contribution in [-0.2, 0) is 4.79 Å². The summed E-state index contributed by atoms with van der Waals surface area (Å²) in [6, 6.07) is 8.69. The molecule has 1 aliphatic carbocycles. The molecule has 3 aliphatic rings. The van der Waals surface area contributed by atoms with E-state index in [1.807, 2.05) is 29.2 Å². The normalized spacial score (nSPS) is 23.4. The van der Waals surface area contributed by atoms with Gasteiger partial charge >= 0.3 is 0 Å². The molecule has 2 amide bonds. The Bertz CT molecular complexity index is 729. The molecule has 0 spiro atoms. The molecule has 0 aromatic heterocycles. The molecule has 1 aromatic rings. The maximum absolute atomic E-state index is 12.7. The highest BCUT2D eigenvalue weighted by Crippen LogP contribution is 2.25. The molecule has 7 heteroatoms. The predicted octanol–water partition coefficient (Wildman–Crippen LogP) is 2.30. The summed E-state index contributed by atoms with van der Waals surface area (Å²) in [5.41, 5.74) is 0.703. The van der Waals surface area contributed by atoms with Crippen molar-refractivity contribution >= 4 is 23.6 Å². The third-order valence-corrected chi connectivity index (χ3v) is 7.55. The van der Waals surface area contributed by atoms with Gasteiger partial charge in [-0.1, -0.05) is 13.3 Å². The van der Waals surface area contributed by atoms with Gasteiger partial charge in [0.05, 0.1) is 6.54 Å². The van der Waals surface area contributed by atoms with Crippen molar-refractivity contribution in [1.29, 1.82) is 0 Å². The molecule has 1 atom stereocenters. The first-order chi connectivity index (χ1) is 14.6. The monoisotopic (exact) mass is 430 g/mol. The van der Waals surface area contributed by atoms with Crippen LogP contribution in [0.1, 0.15) is 43.0 Å². The lowest BCUT2D eigenvalue weighted by atomic mass is 9.91. The van der Waals surface area contributed by atoms with E-state index in [9.17, 15) is 9.59 Å². The van der Waals surface area contributed by atoms with Gasteiger partial charge < -0.3 is 10.2 Å². The van der Waals surface area contributed by atoms with E-state index in [1.165, 1.54) is 24.2 Å². The van der Waals surface area contributed by atoms with Crippen molar-refractivity contribution in [2.24, 2.45) is 0 Å². The molecule has 2 saturated heterocycles. The number of carbonyl (C=O) groups is 2. The number of carbonyl (C=O) groups excluding carboxylic acids is 2. The minimum Gasteiger partial charge on any atom is -0.348 e. The minimum absolute atomic E-state index is 0.0201. The summed E-state index contributed by atoms with van der Waals surface area (Å²) < 4.78 is 0. The summed E-state index contributed by atoms with van der Waals surface area (Å²) in [4.78, 5) is 33.2. The average Bonchev–Trinajstić information content (AvgIpc) is 3.14. The molecule has 164 valence electrons. The molecule has 0 radical (unpaired) electrons. The third-order valence-electron chi connectivity index (χ3n) is 6.65. The van der Waals surface area contributed by atoms with Gasteiger partial charge in [-0.3, -0.25) is 19.4 Å². The highest BCUT2D eigenvalue weighted by atomic mass is 32.2. The summed E-state index contributed by atoms with van der Waals surface area (Å²) in [5.74, 6) is 1.24. The van der Waals surface area contributed by atoms with E-state index in [1.54, 1.807) is 11.8 Å². The second-order valence-corrected chi connectivity index (χ2v) is 9.99. The molecule has 30 heavy (non-hydrogen) atoms. The van der Waals surface area contributed by atoms with E-state index in [2.05, 4.69) is 22.0 Å². The molecular weight excluding hydrogens is 396 g/mol. The van der Waals surface area contributed by atoms with Crippen LogP contribution in [-0.4, -0.2) is 90.2 Å². The quantitative estimate of drug-likeness (QED) is 0.673. The lowest BCUT2D eigenvalue weighted by molar-refractivity contribution is -0.134. The zero-order valence-electron chi connectivity index (χ0n) is 18.0. The van der Waals surface area contributed by atoms with Gasteiger partial charge in [0, 0.05) is 61.8 Å². The second kappa shape index (κ2) is 10.2. The summed E-state index contributed by atoms with van der Waals surface area (Å²) in [6.45, 7) is 7.96. The first-order valence-corrected chi connectivity index (χ1v) is 12.4. The first-order valence-electron chi connectivity index (χ1n) is 11.4. The Hall–Kier alpha value is -1.57. The van der Waals surface area contributed by atoms with Crippen molar-refractivity contribution < 1.29 is 9.59 Å². The Labute approximate surface area is 184 Å². The number of piperazine rings is 1. The number of nitrogens with one attached hydrogen (secondary N) is 1. The van der Waals surface area contributed by atoms with E-state index in [0.717, 1.165) is 57.5 Å². The lowest BCUT2D eigenvalue weighted by Gasteiger charge is -2.43. The maximum Gasteiger partial charge on any atom is 0.251 e. The number of hydrogen-bond acceptors (Lipinski definition) is 5. The van der Waals surface area contributed by atoms with Crippen LogP contribution < -0.4 is 5.32 Å². The molecule has 2 heterocycles. The summed E-state index contributed by atoms with van der Waals surface area (Å²) >= 11 is 1.77. The number of hydrogen-bond donors (Lipinski definition) is 1. The van der Waals surface area contributed by atoms with Gasteiger partial charge in [-0.25, -0.2) is 0 Å². The maximum atomic E-state index is 12.7. The lowest BCUT2D eigenvalue weighted by Crippen LogP contribution is -2.55. The first kappa shape index (κ1) is 21.7. The fraction of sp³-hybridized carbons (Fsp3) is 0.652. The number of nitrogens with zero attached hydrogens (tertiary/aromatic N) is 3. The van der Waals surface area contributed by atoms with Crippen LogP contribution in [0.3, 0.4) is 0 Å². The molecule has 3 fully saturated rings. The number of likely N-dealkylation sites (tertiary alicyclic amines) is 1. The largest absolute Gasteiger partial charge is 0.348 e. The Morgan fingerprint density at radius 1 is 1.03 bits per heavy atom. The Balaban J connectivity index is 1.18. The minimum atomic E-state index is -0.0201. The molecular formula is C23H34N4O2S. The summed E-state index contributed by atoms with van der Waals surface area (Å²) in [6.07, 6.45) is 4.92. The van der Waals surface area contributed by atoms with Crippen LogP contribution in [0.15, 0.2) is 29.2 Å². The summed E-state index contributed by atoms with van der Waals surface area (Å²) in [7, 11) is 0. The fourth-order valence-electron chi connectivity index (χ4n) is 4.61. The number of rotatable bonds is 7. The van der Waals surface area contributed by atoms with E-state index in [-0.39, 0.29) is 17.9 Å². The molecule has 6 nitrogen and oxygen atoms in total. The highest BCUT2D eigenvalue weighted by Gasteiger charge is 2.31. The molecule has 4 rings (SSSR count). The van der Waals surface area contributed by atoms with Crippen LogP contribution in [0.2, 0.25) is 0 Å². The zero-order valence-corrected chi connectivity index (χ0v) is 18.8. The second-order valence-electron chi connectivity index (χ2n) is 8.65. The average molecular weight is 431 g/mol. The van der Waals surface area contributed by atoms with Gasteiger partial charge in [-0.05, 0) is 49.3 Å². The molecule has 1 aromatic carbocycles. The van der Waals surface area contributed by atoms with Crippen molar-refractivity contribution in [3.8, 4) is 0 Å². The Morgan fingerprint density at radius 2 is 1.77 bits per heavy atom.